The van der Waals surface area contributed by atoms with Crippen LogP contribution in [-0.4, -0.2) is 63.4 Å². The maximum atomic E-state index is 5.42. The van der Waals surface area contributed by atoms with Gasteiger partial charge in [-0.3, -0.25) is 4.90 Å². The lowest BCUT2D eigenvalue weighted by atomic mass is 10.1. The van der Waals surface area contributed by atoms with Crippen LogP contribution in [0.2, 0.25) is 0 Å². The number of ether oxygens (including phenoxy) is 2. The van der Waals surface area contributed by atoms with E-state index < -0.39 is 0 Å². The fraction of sp³-hybridized carbons (Fsp3) is 0.632. The fourth-order valence-electron chi connectivity index (χ4n) is 2.91. The van der Waals surface area contributed by atoms with Gasteiger partial charge in [0.15, 0.2) is 5.96 Å². The van der Waals surface area contributed by atoms with E-state index in [-0.39, 0.29) is 0 Å². The number of nitrogens with zero attached hydrogens (tertiary/aromatic N) is 2. The van der Waals surface area contributed by atoms with Gasteiger partial charge >= 0.3 is 0 Å². The number of morpholine rings is 1. The van der Waals surface area contributed by atoms with Crippen molar-refractivity contribution < 1.29 is 9.47 Å². The van der Waals surface area contributed by atoms with Crippen molar-refractivity contribution in [2.45, 2.75) is 33.0 Å². The van der Waals surface area contributed by atoms with Gasteiger partial charge in [0.1, 0.15) is 0 Å². The molecule has 0 bridgehead atoms. The summed E-state index contributed by atoms with van der Waals surface area (Å²) in [6.45, 7) is 11.0. The normalized spacial score (nSPS) is 17.3. The highest BCUT2D eigenvalue weighted by Gasteiger charge is 2.17. The van der Waals surface area contributed by atoms with Crippen molar-refractivity contribution in [3.05, 3.63) is 35.4 Å². The predicted octanol–water partition coefficient (Wildman–Crippen LogP) is 1.61. The molecular formula is C19H32N4O2. The molecule has 0 aliphatic carbocycles. The average molecular weight is 348 g/mol. The molecule has 1 heterocycles. The lowest BCUT2D eigenvalue weighted by Gasteiger charge is -2.32. The molecule has 1 saturated heterocycles. The molecule has 0 radical (unpaired) electrons. The molecule has 6 heteroatoms. The van der Waals surface area contributed by atoms with Crippen LogP contribution in [0.15, 0.2) is 29.3 Å². The van der Waals surface area contributed by atoms with Crippen LogP contribution in [0.5, 0.6) is 0 Å². The summed E-state index contributed by atoms with van der Waals surface area (Å²) in [4.78, 5) is 7.19. The molecule has 25 heavy (non-hydrogen) atoms. The average Bonchev–Trinajstić information content (AvgIpc) is 2.65. The summed E-state index contributed by atoms with van der Waals surface area (Å²) in [5.74, 6) is 0.856. The number of hydrogen-bond acceptors (Lipinski definition) is 4. The Morgan fingerprint density at radius 3 is 2.64 bits per heavy atom. The van der Waals surface area contributed by atoms with Crippen LogP contribution < -0.4 is 10.6 Å². The van der Waals surface area contributed by atoms with Crippen LogP contribution >= 0.6 is 0 Å². The molecular weight excluding hydrogens is 316 g/mol. The highest BCUT2D eigenvalue weighted by Crippen LogP contribution is 2.11. The van der Waals surface area contributed by atoms with Gasteiger partial charge in [-0.15, -0.1) is 0 Å². The lowest BCUT2D eigenvalue weighted by Crippen LogP contribution is -2.49. The minimum Gasteiger partial charge on any atom is -0.380 e. The fourth-order valence-corrected chi connectivity index (χ4v) is 2.91. The van der Waals surface area contributed by atoms with E-state index in [9.17, 15) is 0 Å². The van der Waals surface area contributed by atoms with E-state index in [2.05, 4.69) is 41.5 Å². The third kappa shape index (κ3) is 6.65. The second-order valence-electron chi connectivity index (χ2n) is 6.28. The van der Waals surface area contributed by atoms with Crippen LogP contribution in [0.4, 0.5) is 0 Å². The largest absolute Gasteiger partial charge is 0.380 e. The maximum Gasteiger partial charge on any atom is 0.191 e. The summed E-state index contributed by atoms with van der Waals surface area (Å²) in [5, 5.41) is 6.79. The molecule has 1 aromatic rings. The van der Waals surface area contributed by atoms with Crippen molar-refractivity contribution in [3.63, 3.8) is 0 Å². The van der Waals surface area contributed by atoms with Crippen molar-refractivity contribution in [2.24, 2.45) is 4.99 Å². The molecule has 0 aromatic heterocycles. The Kier molecular flexibility index (Phi) is 8.72. The molecule has 140 valence electrons. The Balaban J connectivity index is 1.91. The summed E-state index contributed by atoms with van der Waals surface area (Å²) < 4.78 is 10.7. The molecule has 1 atom stereocenters. The second-order valence-corrected chi connectivity index (χ2v) is 6.28. The molecule has 1 aliphatic rings. The van der Waals surface area contributed by atoms with Crippen molar-refractivity contribution >= 4 is 5.96 Å². The van der Waals surface area contributed by atoms with E-state index in [1.165, 1.54) is 11.1 Å². The van der Waals surface area contributed by atoms with Gasteiger partial charge < -0.3 is 20.1 Å². The monoisotopic (exact) mass is 348 g/mol. The minimum absolute atomic E-state index is 0.452. The second kappa shape index (κ2) is 11.1. The number of nitrogens with one attached hydrogen (secondary N) is 2. The first-order valence-electron chi connectivity index (χ1n) is 9.14. The van der Waals surface area contributed by atoms with Gasteiger partial charge in [-0.1, -0.05) is 24.3 Å². The van der Waals surface area contributed by atoms with Gasteiger partial charge in [0.2, 0.25) is 0 Å². The molecule has 1 aliphatic heterocycles. The zero-order chi connectivity index (χ0) is 17.9. The van der Waals surface area contributed by atoms with Crippen molar-refractivity contribution in [1.29, 1.82) is 0 Å². The first-order valence-corrected chi connectivity index (χ1v) is 9.14. The molecule has 1 aromatic carbocycles. The van der Waals surface area contributed by atoms with E-state index in [1.54, 1.807) is 7.11 Å². The minimum atomic E-state index is 0.452. The molecule has 2 N–H and O–H groups in total. The van der Waals surface area contributed by atoms with Crippen LogP contribution in [0.25, 0.3) is 0 Å². The SMILES string of the molecule is CCNC(=NCc1ccccc1COC)NCC(C)N1CCOCC1. The molecule has 6 nitrogen and oxygen atoms in total. The lowest BCUT2D eigenvalue weighted by molar-refractivity contribution is 0.0211. The molecule has 0 amide bonds. The summed E-state index contributed by atoms with van der Waals surface area (Å²) in [6, 6.07) is 8.74. The zero-order valence-corrected chi connectivity index (χ0v) is 15.8. The molecule has 0 spiro atoms. The smallest absolute Gasteiger partial charge is 0.191 e. The summed E-state index contributed by atoms with van der Waals surface area (Å²) in [7, 11) is 1.72. The van der Waals surface area contributed by atoms with Gasteiger partial charge in [-0.25, -0.2) is 4.99 Å². The molecule has 1 unspecified atom stereocenters. The maximum absolute atomic E-state index is 5.42. The van der Waals surface area contributed by atoms with Gasteiger partial charge in [0.25, 0.3) is 0 Å². The predicted molar refractivity (Wildman–Crippen MR) is 102 cm³/mol. The number of guanidine groups is 1. The quantitative estimate of drug-likeness (QED) is 0.552. The topological polar surface area (TPSA) is 58.1 Å². The summed E-state index contributed by atoms with van der Waals surface area (Å²) in [5.41, 5.74) is 2.38. The molecule has 0 saturated carbocycles. The number of benzene rings is 1. The third-order valence-corrected chi connectivity index (χ3v) is 4.40. The van der Waals surface area contributed by atoms with Gasteiger partial charge in [0, 0.05) is 39.3 Å². The highest BCUT2D eigenvalue weighted by molar-refractivity contribution is 5.79. The Labute approximate surface area is 151 Å². The van der Waals surface area contributed by atoms with Gasteiger partial charge in [-0.05, 0) is 25.0 Å². The van der Waals surface area contributed by atoms with Gasteiger partial charge in [0.05, 0.1) is 26.4 Å². The van der Waals surface area contributed by atoms with E-state index in [1.807, 2.05) is 12.1 Å². The Morgan fingerprint density at radius 1 is 1.24 bits per heavy atom. The Morgan fingerprint density at radius 2 is 1.96 bits per heavy atom. The van der Waals surface area contributed by atoms with Crippen molar-refractivity contribution in [1.82, 2.24) is 15.5 Å². The number of aliphatic imine (C=N–C) groups is 1. The first kappa shape index (κ1) is 19.7. The first-order chi connectivity index (χ1) is 12.2. The van der Waals surface area contributed by atoms with Crippen LogP contribution in [0.3, 0.4) is 0 Å². The van der Waals surface area contributed by atoms with Gasteiger partial charge in [-0.2, -0.15) is 0 Å². The van der Waals surface area contributed by atoms with Crippen LogP contribution in [0.1, 0.15) is 25.0 Å². The van der Waals surface area contributed by atoms with E-state index in [0.717, 1.165) is 45.4 Å². The summed E-state index contributed by atoms with van der Waals surface area (Å²) in [6.07, 6.45) is 0. The van der Waals surface area contributed by atoms with Crippen LogP contribution in [0, 0.1) is 0 Å². The highest BCUT2D eigenvalue weighted by atomic mass is 16.5. The van der Waals surface area contributed by atoms with E-state index in [4.69, 9.17) is 14.5 Å². The zero-order valence-electron chi connectivity index (χ0n) is 15.8. The molecule has 2 rings (SSSR count). The van der Waals surface area contributed by atoms with Crippen molar-refractivity contribution in [2.75, 3.05) is 46.5 Å². The Hall–Kier alpha value is -1.63. The number of rotatable bonds is 8. The van der Waals surface area contributed by atoms with Crippen molar-refractivity contribution in [3.8, 4) is 0 Å². The standard InChI is InChI=1S/C19H32N4O2/c1-4-20-19(21-13-16(2)23-9-11-25-12-10-23)22-14-17-7-5-6-8-18(17)15-24-3/h5-8,16H,4,9-15H2,1-3H3,(H2,20,21,22). The summed E-state index contributed by atoms with van der Waals surface area (Å²) >= 11 is 0. The third-order valence-electron chi connectivity index (χ3n) is 4.40. The van der Waals surface area contributed by atoms with Crippen LogP contribution in [-0.2, 0) is 22.6 Å². The van der Waals surface area contributed by atoms with E-state index in [0.29, 0.717) is 19.2 Å². The number of hydrogen-bond donors (Lipinski definition) is 2. The Bertz CT molecular complexity index is 530. The number of methoxy groups -OCH3 is 1. The molecule has 1 fully saturated rings. The van der Waals surface area contributed by atoms with E-state index >= 15 is 0 Å².